The van der Waals surface area contributed by atoms with Crippen LogP contribution in [-0.4, -0.2) is 54.0 Å². The van der Waals surface area contributed by atoms with E-state index in [0.29, 0.717) is 36.7 Å². The van der Waals surface area contributed by atoms with Crippen LogP contribution < -0.4 is 31.8 Å². The molecule has 0 atom stereocenters. The van der Waals surface area contributed by atoms with E-state index >= 15 is 0 Å². The van der Waals surface area contributed by atoms with Crippen LogP contribution in [0.1, 0.15) is 12.0 Å². The van der Waals surface area contributed by atoms with E-state index in [2.05, 4.69) is 25.9 Å². The van der Waals surface area contributed by atoms with Gasteiger partial charge in [0.15, 0.2) is 11.1 Å². The molecule has 41 heavy (non-hydrogen) atoms. The minimum atomic E-state index is -4.69. The lowest BCUT2D eigenvalue weighted by molar-refractivity contribution is -0.138. The van der Waals surface area contributed by atoms with Gasteiger partial charge in [0.2, 0.25) is 0 Å². The fraction of sp³-hybridized carbons (Fsp3) is 0.259. The summed E-state index contributed by atoms with van der Waals surface area (Å²) in [5.74, 6) is -0.275. The number of nitrogens with one attached hydrogen (secondary N) is 3. The molecule has 0 unspecified atom stereocenters. The van der Waals surface area contributed by atoms with Crippen molar-refractivity contribution >= 4 is 34.3 Å². The molecule has 0 aliphatic heterocycles. The van der Waals surface area contributed by atoms with Crippen LogP contribution in [0.3, 0.4) is 0 Å². The maximum Gasteiger partial charge on any atom is 0.420 e. The molecule has 216 valence electrons. The van der Waals surface area contributed by atoms with Gasteiger partial charge in [0.25, 0.3) is 0 Å². The molecule has 0 saturated heterocycles. The van der Waals surface area contributed by atoms with Crippen LogP contribution in [0.15, 0.2) is 65.8 Å². The van der Waals surface area contributed by atoms with Crippen molar-refractivity contribution in [3.63, 3.8) is 0 Å². The number of fused-ring (bicyclic) bond motifs is 1. The first-order chi connectivity index (χ1) is 19.7. The van der Waals surface area contributed by atoms with Gasteiger partial charge < -0.3 is 35.7 Å². The largest absolute Gasteiger partial charge is 0.492 e. The third-order valence-corrected chi connectivity index (χ3v) is 5.89. The Kier molecular flexibility index (Phi) is 9.37. The highest BCUT2D eigenvalue weighted by molar-refractivity contribution is 6.00. The molecule has 5 N–H and O–H groups in total. The number of nitrogens with zero attached hydrogens (tertiary/aromatic N) is 3. The molecule has 2 aromatic carbocycles. The summed E-state index contributed by atoms with van der Waals surface area (Å²) in [4.78, 5) is 32.7. The molecule has 0 radical (unpaired) electrons. The smallest absolute Gasteiger partial charge is 0.420 e. The second kappa shape index (κ2) is 13.1. The summed E-state index contributed by atoms with van der Waals surface area (Å²) in [6.45, 7) is 1.63. The number of pyridine rings is 1. The van der Waals surface area contributed by atoms with Crippen molar-refractivity contribution in [1.29, 1.82) is 0 Å². The van der Waals surface area contributed by atoms with Crippen molar-refractivity contribution in [2.24, 2.45) is 0 Å². The number of urea groups is 1. The Bertz CT molecular complexity index is 1560. The first kappa shape index (κ1) is 29.3. The molecule has 0 aliphatic rings. The van der Waals surface area contributed by atoms with Gasteiger partial charge in [-0.15, -0.1) is 0 Å². The first-order valence-electron chi connectivity index (χ1n) is 12.5. The molecule has 2 heterocycles. The van der Waals surface area contributed by atoms with E-state index in [9.17, 15) is 22.8 Å². The molecule has 0 fully saturated rings. The number of methoxy groups -OCH3 is 1. The second-order valence-electron chi connectivity index (χ2n) is 8.79. The summed E-state index contributed by atoms with van der Waals surface area (Å²) < 4.78 is 52.9. The van der Waals surface area contributed by atoms with Gasteiger partial charge in [-0.25, -0.2) is 14.8 Å². The lowest BCUT2D eigenvalue weighted by Gasteiger charge is -2.16. The molecular formula is C27H28F3N7O4. The summed E-state index contributed by atoms with van der Waals surface area (Å²) in [5.41, 5.74) is 5.77. The summed E-state index contributed by atoms with van der Waals surface area (Å²) in [6.07, 6.45) is -1.13. The molecule has 0 saturated carbocycles. The monoisotopic (exact) mass is 571 g/mol. The molecule has 2 amide bonds. The van der Waals surface area contributed by atoms with E-state index in [4.69, 9.17) is 15.2 Å². The molecule has 0 aliphatic carbocycles. The number of carbonyl (C=O) groups is 1. The number of ether oxygens (including phenoxy) is 2. The number of carbonyl (C=O) groups excluding carboxylic acids is 1. The number of hydrogen-bond acceptors (Lipinski definition) is 8. The number of nitrogens with two attached hydrogens (primary N) is 1. The topological polar surface area (TPSA) is 145 Å². The lowest BCUT2D eigenvalue weighted by atomic mass is 10.1. The number of halogens is 3. The Balaban J connectivity index is 1.40. The predicted molar refractivity (Wildman–Crippen MR) is 148 cm³/mol. The quantitative estimate of drug-likeness (QED) is 0.198. The number of amides is 2. The van der Waals surface area contributed by atoms with Gasteiger partial charge in [0, 0.05) is 49.6 Å². The zero-order valence-corrected chi connectivity index (χ0v) is 22.0. The molecule has 4 aromatic rings. The van der Waals surface area contributed by atoms with Crippen LogP contribution in [0.2, 0.25) is 0 Å². The van der Waals surface area contributed by atoms with Crippen LogP contribution in [0.4, 0.5) is 35.2 Å². The third kappa shape index (κ3) is 7.49. The van der Waals surface area contributed by atoms with Gasteiger partial charge in [0.05, 0.1) is 5.56 Å². The third-order valence-electron chi connectivity index (χ3n) is 5.89. The van der Waals surface area contributed by atoms with Crippen LogP contribution in [0.5, 0.6) is 5.75 Å². The van der Waals surface area contributed by atoms with Crippen molar-refractivity contribution in [3.8, 4) is 11.4 Å². The number of nitrogen functional groups attached to an aromatic ring is 1. The lowest BCUT2D eigenvalue weighted by Crippen LogP contribution is -2.23. The predicted octanol–water partition coefficient (Wildman–Crippen LogP) is 4.03. The molecule has 0 spiro atoms. The minimum absolute atomic E-state index is 0.0365. The van der Waals surface area contributed by atoms with Gasteiger partial charge in [-0.1, -0.05) is 0 Å². The fourth-order valence-corrected chi connectivity index (χ4v) is 3.97. The molecule has 2 aromatic heterocycles. The van der Waals surface area contributed by atoms with Gasteiger partial charge in [0.1, 0.15) is 29.9 Å². The number of alkyl halides is 3. The van der Waals surface area contributed by atoms with Gasteiger partial charge in [-0.05, 0) is 55.4 Å². The fourth-order valence-electron chi connectivity index (χ4n) is 3.97. The van der Waals surface area contributed by atoms with Crippen molar-refractivity contribution in [3.05, 3.63) is 76.8 Å². The number of aromatic nitrogens is 3. The van der Waals surface area contributed by atoms with Crippen LogP contribution >= 0.6 is 0 Å². The molecule has 11 nitrogen and oxygen atoms in total. The Hall–Kier alpha value is -4.69. The average Bonchev–Trinajstić information content (AvgIpc) is 2.93. The second-order valence-corrected chi connectivity index (χ2v) is 8.79. The average molecular weight is 572 g/mol. The number of anilines is 3. The zero-order valence-electron chi connectivity index (χ0n) is 22.0. The van der Waals surface area contributed by atoms with Crippen molar-refractivity contribution in [1.82, 2.24) is 19.9 Å². The summed E-state index contributed by atoms with van der Waals surface area (Å²) in [5, 5.41) is 8.22. The Labute approximate surface area is 232 Å². The molecular weight excluding hydrogens is 543 g/mol. The highest BCUT2D eigenvalue weighted by Gasteiger charge is 2.35. The number of hydrogen-bond donors (Lipinski definition) is 4. The number of rotatable bonds is 11. The SMILES string of the molecule is COCCCNCCOc1ccc(NC(=O)Nc2ccc(-n3ccc(=O)c4c(N)ncnc43)cc2)cc1C(F)(F)F. The van der Waals surface area contributed by atoms with Crippen molar-refractivity contribution < 1.29 is 27.4 Å². The van der Waals surface area contributed by atoms with E-state index in [1.807, 2.05) is 0 Å². The van der Waals surface area contributed by atoms with Crippen molar-refractivity contribution in [2.75, 3.05) is 49.8 Å². The Morgan fingerprint density at radius 1 is 1.00 bits per heavy atom. The van der Waals surface area contributed by atoms with Crippen LogP contribution in [0, 0.1) is 0 Å². The van der Waals surface area contributed by atoms with E-state index in [0.717, 1.165) is 12.5 Å². The van der Waals surface area contributed by atoms with E-state index < -0.39 is 17.8 Å². The highest BCUT2D eigenvalue weighted by Crippen LogP contribution is 2.38. The van der Waals surface area contributed by atoms with E-state index in [1.54, 1.807) is 35.9 Å². The van der Waals surface area contributed by atoms with Crippen LogP contribution in [-0.2, 0) is 10.9 Å². The summed E-state index contributed by atoms with van der Waals surface area (Å²) in [6, 6.07) is 10.4. The van der Waals surface area contributed by atoms with Gasteiger partial charge >= 0.3 is 12.2 Å². The van der Waals surface area contributed by atoms with Gasteiger partial charge in [-0.3, -0.25) is 4.79 Å². The standard InChI is InChI=1S/C27H28F3N7O4/c1-40-13-2-10-32-11-14-41-22-8-5-18(15-20(22)27(28,29)30)36-26(39)35-17-3-6-19(7-4-17)37-12-9-21(38)23-24(31)33-16-34-25(23)37/h3-9,12,15-16,32H,2,10-11,13-14H2,1H3,(H2,31,33,34)(H2,35,36,39). The molecule has 0 bridgehead atoms. The normalized spacial score (nSPS) is 11.4. The maximum atomic E-state index is 13.7. The van der Waals surface area contributed by atoms with Gasteiger partial charge in [-0.2, -0.15) is 13.2 Å². The van der Waals surface area contributed by atoms with E-state index in [-0.39, 0.29) is 34.7 Å². The Morgan fingerprint density at radius 3 is 2.46 bits per heavy atom. The Morgan fingerprint density at radius 2 is 1.73 bits per heavy atom. The minimum Gasteiger partial charge on any atom is -0.492 e. The van der Waals surface area contributed by atoms with Crippen molar-refractivity contribution in [2.45, 2.75) is 12.6 Å². The van der Waals surface area contributed by atoms with E-state index in [1.165, 1.54) is 30.7 Å². The summed E-state index contributed by atoms with van der Waals surface area (Å²) >= 11 is 0. The summed E-state index contributed by atoms with van der Waals surface area (Å²) in [7, 11) is 1.59. The molecule has 4 rings (SSSR count). The van der Waals surface area contributed by atoms with Crippen LogP contribution in [0.25, 0.3) is 16.7 Å². The highest BCUT2D eigenvalue weighted by atomic mass is 19.4. The number of benzene rings is 2. The zero-order chi connectivity index (χ0) is 29.4. The molecule has 14 heteroatoms. The maximum absolute atomic E-state index is 13.7. The first-order valence-corrected chi connectivity index (χ1v) is 12.5.